The van der Waals surface area contributed by atoms with Crippen LogP contribution in [0.2, 0.25) is 0 Å². The Morgan fingerprint density at radius 2 is 0.574 bits per heavy atom. The number of aryl methyl sites for hydroxylation is 3. The summed E-state index contributed by atoms with van der Waals surface area (Å²) in [4.78, 5) is 24.0. The molecular formula is C52H44O9. The average Bonchev–Trinajstić information content (AvgIpc) is 3.22. The van der Waals surface area contributed by atoms with Crippen molar-refractivity contribution in [1.29, 1.82) is 0 Å². The second kappa shape index (κ2) is 15.9. The summed E-state index contributed by atoms with van der Waals surface area (Å²) in [6, 6.07) is 31.2. The molecule has 7 N–H and O–H groups in total. The van der Waals surface area contributed by atoms with Gasteiger partial charge in [0.2, 0.25) is 0 Å². The van der Waals surface area contributed by atoms with Gasteiger partial charge in [-0.15, -0.1) is 0 Å². The zero-order chi connectivity index (χ0) is 43.3. The van der Waals surface area contributed by atoms with E-state index in [0.29, 0.717) is 77.9 Å². The van der Waals surface area contributed by atoms with E-state index < -0.39 is 11.9 Å². The van der Waals surface area contributed by atoms with E-state index in [-0.39, 0.29) is 72.0 Å². The molecule has 10 bridgehead atoms. The van der Waals surface area contributed by atoms with Crippen LogP contribution in [0.3, 0.4) is 0 Å². The number of hydrogen-bond acceptors (Lipinski definition) is 7. The van der Waals surface area contributed by atoms with Crippen LogP contribution in [0.4, 0.5) is 0 Å². The molecule has 306 valence electrons. The highest BCUT2D eigenvalue weighted by atomic mass is 16.4. The Morgan fingerprint density at radius 3 is 0.803 bits per heavy atom. The van der Waals surface area contributed by atoms with Crippen LogP contribution in [0, 0.1) is 20.8 Å². The maximum atomic E-state index is 12.0. The van der Waals surface area contributed by atoms with E-state index >= 15 is 0 Å². The minimum Gasteiger partial charge on any atom is -0.507 e. The first-order chi connectivity index (χ1) is 29.1. The van der Waals surface area contributed by atoms with E-state index in [2.05, 4.69) is 0 Å². The minimum atomic E-state index is -1.08. The lowest BCUT2D eigenvalue weighted by Gasteiger charge is -2.20. The van der Waals surface area contributed by atoms with Crippen LogP contribution in [-0.2, 0) is 32.1 Å². The fraction of sp³-hybridized carbons (Fsp3) is 0.154. The van der Waals surface area contributed by atoms with E-state index in [1.807, 2.05) is 57.2 Å². The summed E-state index contributed by atoms with van der Waals surface area (Å²) < 4.78 is 0. The van der Waals surface area contributed by atoms with Gasteiger partial charge in [-0.3, -0.25) is 0 Å². The molecule has 0 unspecified atom stereocenters. The SMILES string of the molecule is Cc1cc2c(O)c(c1)Cc1cc(-c3cccc(C(=O)O)c3)cc(c1O)Cc1cc(C)cc(c1O)Cc1cc(-c3cccc(C(=O)O)c3)cc(c1O)Cc1cc(C)cc(c1O)C2. The van der Waals surface area contributed by atoms with Gasteiger partial charge in [-0.2, -0.15) is 0 Å². The summed E-state index contributed by atoms with van der Waals surface area (Å²) in [6.07, 6.45) is 0.584. The van der Waals surface area contributed by atoms with Gasteiger partial charge in [0.25, 0.3) is 0 Å². The highest BCUT2D eigenvalue weighted by Crippen LogP contribution is 2.41. The standard InChI is InChI=1S/C52H44O9/c1-27-10-36-22-37-11-28(2)13-39(47(37)54)24-43-19-35(31-7-5-9-33(17-31)52(60)61)21-45(50(43)57)26-41-15-29(3)14-40(48(41)55)25-44-20-34(30-6-4-8-32(16-30)51(58)59)18-42(49(44)56)23-38(12-27)46(36)53/h4-21,53-57H,22-26H2,1-3H3,(H,58,59)(H,60,61). The first kappa shape index (κ1) is 40.3. The number of aromatic hydroxyl groups is 5. The molecule has 0 aromatic heterocycles. The molecule has 1 aliphatic carbocycles. The van der Waals surface area contributed by atoms with Crippen molar-refractivity contribution in [2.24, 2.45) is 0 Å². The summed E-state index contributed by atoms with van der Waals surface area (Å²) in [6.45, 7) is 5.70. The number of fused-ring (bicyclic) bond motifs is 10. The highest BCUT2D eigenvalue weighted by Gasteiger charge is 2.23. The van der Waals surface area contributed by atoms with Gasteiger partial charge >= 0.3 is 11.9 Å². The van der Waals surface area contributed by atoms with Gasteiger partial charge in [0.05, 0.1) is 11.1 Å². The third-order valence-corrected chi connectivity index (χ3v) is 11.6. The van der Waals surface area contributed by atoms with Crippen molar-refractivity contribution in [3.05, 3.63) is 193 Å². The lowest BCUT2D eigenvalue weighted by atomic mass is 9.87. The molecule has 7 aromatic carbocycles. The molecule has 0 spiro atoms. The van der Waals surface area contributed by atoms with Gasteiger partial charge in [0.15, 0.2) is 0 Å². The van der Waals surface area contributed by atoms with Crippen molar-refractivity contribution < 1.29 is 45.3 Å². The number of carboxylic acid groups (broad SMARTS) is 2. The van der Waals surface area contributed by atoms with Crippen molar-refractivity contribution in [3.8, 4) is 51.0 Å². The van der Waals surface area contributed by atoms with Crippen molar-refractivity contribution in [2.75, 3.05) is 0 Å². The number of aromatic carboxylic acids is 2. The van der Waals surface area contributed by atoms with E-state index in [9.17, 15) is 45.3 Å². The van der Waals surface area contributed by atoms with Crippen molar-refractivity contribution in [1.82, 2.24) is 0 Å². The topological polar surface area (TPSA) is 176 Å². The molecule has 7 aromatic rings. The van der Waals surface area contributed by atoms with E-state index in [4.69, 9.17) is 0 Å². The third kappa shape index (κ3) is 8.10. The summed E-state index contributed by atoms with van der Waals surface area (Å²) >= 11 is 0. The van der Waals surface area contributed by atoms with Gasteiger partial charge in [-0.1, -0.05) is 77.4 Å². The highest BCUT2D eigenvalue weighted by molar-refractivity contribution is 5.90. The smallest absolute Gasteiger partial charge is 0.335 e. The molecule has 0 saturated carbocycles. The van der Waals surface area contributed by atoms with Crippen LogP contribution < -0.4 is 0 Å². The Hall–Kier alpha value is -7.52. The van der Waals surface area contributed by atoms with Crippen LogP contribution in [0.1, 0.15) is 93.0 Å². The van der Waals surface area contributed by atoms with Crippen LogP contribution in [0.5, 0.6) is 28.7 Å². The maximum Gasteiger partial charge on any atom is 0.335 e. The number of rotatable bonds is 4. The Balaban J connectivity index is 1.38. The molecule has 0 atom stereocenters. The summed E-state index contributed by atoms with van der Waals surface area (Å²) in [5.74, 6) is -2.30. The normalized spacial score (nSPS) is 12.4. The van der Waals surface area contributed by atoms with Crippen molar-refractivity contribution in [3.63, 3.8) is 0 Å². The van der Waals surface area contributed by atoms with Gasteiger partial charge in [-0.25, -0.2) is 9.59 Å². The van der Waals surface area contributed by atoms with Crippen LogP contribution in [0.15, 0.2) is 109 Å². The zero-order valence-corrected chi connectivity index (χ0v) is 33.9. The predicted octanol–water partition coefficient (Wildman–Crippen LogP) is 10.1. The first-order valence-corrected chi connectivity index (χ1v) is 19.9. The third-order valence-electron chi connectivity index (χ3n) is 11.6. The molecule has 9 nitrogen and oxygen atoms in total. The van der Waals surface area contributed by atoms with Crippen LogP contribution >= 0.6 is 0 Å². The zero-order valence-electron chi connectivity index (χ0n) is 33.9. The first-order valence-electron chi connectivity index (χ1n) is 19.9. The Morgan fingerprint density at radius 1 is 0.344 bits per heavy atom. The lowest BCUT2D eigenvalue weighted by molar-refractivity contribution is 0.0686. The molecule has 0 saturated heterocycles. The van der Waals surface area contributed by atoms with Crippen LogP contribution in [-0.4, -0.2) is 47.7 Å². The summed E-state index contributed by atoms with van der Waals surface area (Å²) in [5.41, 5.74) is 10.2. The number of carboxylic acids is 2. The second-order valence-electron chi connectivity index (χ2n) is 16.2. The summed E-state index contributed by atoms with van der Waals surface area (Å²) in [7, 11) is 0. The Labute approximate surface area is 352 Å². The van der Waals surface area contributed by atoms with E-state index in [1.54, 1.807) is 60.7 Å². The summed E-state index contributed by atoms with van der Waals surface area (Å²) in [5, 5.41) is 79.4. The molecule has 8 rings (SSSR count). The second-order valence-corrected chi connectivity index (χ2v) is 16.2. The number of benzene rings is 7. The predicted molar refractivity (Wildman–Crippen MR) is 234 cm³/mol. The average molecular weight is 813 g/mol. The molecule has 61 heavy (non-hydrogen) atoms. The number of phenols is 5. The molecule has 0 fully saturated rings. The molecule has 0 aliphatic heterocycles. The van der Waals surface area contributed by atoms with Crippen molar-refractivity contribution in [2.45, 2.75) is 52.9 Å². The van der Waals surface area contributed by atoms with Gasteiger partial charge in [0, 0.05) is 32.1 Å². The fourth-order valence-corrected chi connectivity index (χ4v) is 8.69. The lowest BCUT2D eigenvalue weighted by Crippen LogP contribution is -2.03. The Bertz CT molecular complexity index is 2750. The molecule has 0 radical (unpaired) electrons. The molecule has 0 heterocycles. The van der Waals surface area contributed by atoms with Gasteiger partial charge < -0.3 is 35.7 Å². The van der Waals surface area contributed by atoms with Crippen molar-refractivity contribution >= 4 is 11.9 Å². The molecule has 1 aliphatic rings. The number of hydrogen-bond donors (Lipinski definition) is 7. The Kier molecular flexibility index (Phi) is 10.5. The number of phenolic OH excluding ortho intramolecular Hbond substituents is 5. The van der Waals surface area contributed by atoms with Gasteiger partial charge in [-0.05, 0) is 147 Å². The maximum absolute atomic E-state index is 12.0. The largest absolute Gasteiger partial charge is 0.507 e. The van der Waals surface area contributed by atoms with Gasteiger partial charge in [0.1, 0.15) is 28.7 Å². The minimum absolute atomic E-state index is 0.00115. The molecule has 0 amide bonds. The number of carbonyl (C=O) groups is 2. The van der Waals surface area contributed by atoms with E-state index in [0.717, 1.165) is 16.7 Å². The monoisotopic (exact) mass is 812 g/mol. The fourth-order valence-electron chi connectivity index (χ4n) is 8.69. The van der Waals surface area contributed by atoms with E-state index in [1.165, 1.54) is 12.1 Å². The quantitative estimate of drug-likeness (QED) is 0.0912. The molecule has 9 heteroatoms. The molecular weight excluding hydrogens is 769 g/mol. The van der Waals surface area contributed by atoms with Crippen LogP contribution in [0.25, 0.3) is 22.3 Å².